The average molecular weight is 276 g/mol. The molecule has 0 aromatic heterocycles. The lowest BCUT2D eigenvalue weighted by Crippen LogP contribution is -2.34. The highest BCUT2D eigenvalue weighted by Crippen LogP contribution is 2.41. The largest absolute Gasteiger partial charge is 0.488 e. The smallest absolute Gasteiger partial charge is 0.280 e. The summed E-state index contributed by atoms with van der Waals surface area (Å²) in [7, 11) is -1.46. The summed E-state index contributed by atoms with van der Waals surface area (Å²) in [5.74, 6) is 1.52. The molecule has 19 heavy (non-hydrogen) atoms. The van der Waals surface area contributed by atoms with E-state index in [1.807, 2.05) is 6.92 Å². The molecular formula is C16H24O2Si. The molecule has 1 atom stereocenters. The molecule has 0 radical (unpaired) electrons. The third-order valence-electron chi connectivity index (χ3n) is 3.97. The van der Waals surface area contributed by atoms with Gasteiger partial charge < -0.3 is 9.20 Å². The van der Waals surface area contributed by atoms with Crippen molar-refractivity contribution in [3.05, 3.63) is 28.8 Å². The summed E-state index contributed by atoms with van der Waals surface area (Å²) in [6.07, 6.45) is 1.03. The lowest BCUT2D eigenvalue weighted by Gasteiger charge is -2.37. The summed E-state index contributed by atoms with van der Waals surface area (Å²) in [5, 5.41) is 0. The molecule has 1 aromatic rings. The Morgan fingerprint density at radius 3 is 2.74 bits per heavy atom. The molecule has 0 saturated carbocycles. The Hall–Kier alpha value is -0.963. The maximum Gasteiger partial charge on any atom is 0.280 e. The second-order valence-electron chi connectivity index (χ2n) is 6.35. The summed E-state index contributed by atoms with van der Waals surface area (Å²) in [5.41, 5.74) is 3.64. The van der Waals surface area contributed by atoms with E-state index in [0.29, 0.717) is 5.92 Å². The van der Waals surface area contributed by atoms with Gasteiger partial charge in [-0.05, 0) is 61.9 Å². The number of fused-ring (bicyclic) bond motifs is 1. The molecule has 1 aromatic carbocycles. The predicted molar refractivity (Wildman–Crippen MR) is 79.5 cm³/mol. The molecule has 0 N–H and O–H groups in total. The third kappa shape index (κ3) is 3.14. The van der Waals surface area contributed by atoms with E-state index < -0.39 is 8.68 Å². The Morgan fingerprint density at radius 1 is 1.42 bits per heavy atom. The van der Waals surface area contributed by atoms with Crippen molar-refractivity contribution >= 4 is 8.68 Å². The fraction of sp³-hybridized carbons (Fsp3) is 0.625. The van der Waals surface area contributed by atoms with Crippen molar-refractivity contribution in [2.45, 2.75) is 64.6 Å². The average Bonchev–Trinajstić information content (AvgIpc) is 2.29. The molecular weight excluding hydrogens is 252 g/mol. The summed E-state index contributed by atoms with van der Waals surface area (Å²) >= 11 is 0. The lowest BCUT2D eigenvalue weighted by atomic mass is 9.84. The van der Waals surface area contributed by atoms with Crippen LogP contribution >= 0.6 is 0 Å². The number of ether oxygens (including phenoxy) is 1. The standard InChI is InChI=1S/C16H24O2Si/c1-6-19(17)10-13-8-14-12(3)9-16(4,5)18-15(14)7-11(13)2/h7-8,12H,6,9-10H2,1-5H3. The van der Waals surface area contributed by atoms with Gasteiger partial charge >= 0.3 is 0 Å². The van der Waals surface area contributed by atoms with Crippen molar-refractivity contribution in [2.24, 2.45) is 0 Å². The van der Waals surface area contributed by atoms with Crippen LogP contribution in [0.1, 0.15) is 56.7 Å². The third-order valence-corrected chi connectivity index (χ3v) is 5.53. The Kier molecular flexibility index (Phi) is 3.95. The van der Waals surface area contributed by atoms with Gasteiger partial charge in [-0.15, -0.1) is 0 Å². The van der Waals surface area contributed by atoms with Gasteiger partial charge in [0.25, 0.3) is 8.68 Å². The highest BCUT2D eigenvalue weighted by molar-refractivity contribution is 6.42. The van der Waals surface area contributed by atoms with Gasteiger partial charge in [0, 0.05) is 6.04 Å². The molecule has 1 unspecified atom stereocenters. The van der Waals surface area contributed by atoms with Crippen molar-refractivity contribution in [3.8, 4) is 5.75 Å². The van der Waals surface area contributed by atoms with Crippen LogP contribution < -0.4 is 4.74 Å². The first-order valence-corrected chi connectivity index (χ1v) is 8.99. The van der Waals surface area contributed by atoms with Crippen molar-refractivity contribution in [2.75, 3.05) is 0 Å². The molecule has 0 spiro atoms. The molecule has 1 aliphatic heterocycles. The molecule has 0 aliphatic carbocycles. The summed E-state index contributed by atoms with van der Waals surface area (Å²) in [4.78, 5) is 0. The number of aryl methyl sites for hydroxylation is 1. The molecule has 1 heterocycles. The van der Waals surface area contributed by atoms with Gasteiger partial charge in [0.1, 0.15) is 11.4 Å². The van der Waals surface area contributed by atoms with E-state index in [2.05, 4.69) is 39.8 Å². The number of hydrogen-bond acceptors (Lipinski definition) is 2. The highest BCUT2D eigenvalue weighted by atomic mass is 28.3. The summed E-state index contributed by atoms with van der Waals surface area (Å²) in [6.45, 7) is 10.6. The van der Waals surface area contributed by atoms with E-state index in [4.69, 9.17) is 4.74 Å². The Labute approximate surface area is 117 Å². The zero-order valence-electron chi connectivity index (χ0n) is 12.7. The van der Waals surface area contributed by atoms with Gasteiger partial charge in [-0.1, -0.05) is 19.9 Å². The van der Waals surface area contributed by atoms with Crippen LogP contribution in [-0.2, 0) is 10.5 Å². The van der Waals surface area contributed by atoms with E-state index >= 15 is 0 Å². The zero-order valence-corrected chi connectivity index (χ0v) is 13.7. The van der Waals surface area contributed by atoms with Crippen LogP contribution in [0.15, 0.2) is 12.1 Å². The summed E-state index contributed by atoms with van der Waals surface area (Å²) in [6, 6.07) is 5.88. The van der Waals surface area contributed by atoms with E-state index in [1.165, 1.54) is 16.7 Å². The molecule has 2 rings (SSSR count). The fourth-order valence-corrected chi connectivity index (χ4v) is 3.99. The van der Waals surface area contributed by atoms with E-state index in [1.54, 1.807) is 0 Å². The first kappa shape index (κ1) is 14.4. The maximum absolute atomic E-state index is 11.8. The van der Waals surface area contributed by atoms with Crippen molar-refractivity contribution in [1.29, 1.82) is 0 Å². The SMILES string of the molecule is CC[Si](=O)Cc1cc2c(cc1C)OC(C)(C)CC2C. The van der Waals surface area contributed by atoms with Crippen LogP contribution in [0, 0.1) is 6.92 Å². The Morgan fingerprint density at radius 2 is 2.11 bits per heavy atom. The van der Waals surface area contributed by atoms with Crippen molar-refractivity contribution in [3.63, 3.8) is 0 Å². The molecule has 104 valence electrons. The highest BCUT2D eigenvalue weighted by Gasteiger charge is 2.31. The van der Waals surface area contributed by atoms with Crippen LogP contribution in [0.4, 0.5) is 0 Å². The molecule has 0 bridgehead atoms. The molecule has 2 nitrogen and oxygen atoms in total. The van der Waals surface area contributed by atoms with Crippen molar-refractivity contribution in [1.82, 2.24) is 0 Å². The van der Waals surface area contributed by atoms with Crippen molar-refractivity contribution < 1.29 is 9.20 Å². The monoisotopic (exact) mass is 276 g/mol. The van der Waals surface area contributed by atoms with Gasteiger partial charge in [-0.3, -0.25) is 0 Å². The minimum absolute atomic E-state index is 0.0860. The van der Waals surface area contributed by atoms with Crippen LogP contribution in [0.3, 0.4) is 0 Å². The lowest BCUT2D eigenvalue weighted by molar-refractivity contribution is 0.0745. The maximum atomic E-state index is 11.8. The first-order valence-electron chi connectivity index (χ1n) is 7.16. The normalized spacial score (nSPS) is 20.6. The number of hydrogen-bond donors (Lipinski definition) is 0. The van der Waals surface area contributed by atoms with Crippen LogP contribution in [0.25, 0.3) is 0 Å². The molecule has 0 saturated heterocycles. The fourth-order valence-electron chi connectivity index (χ4n) is 2.93. The second kappa shape index (κ2) is 5.20. The van der Waals surface area contributed by atoms with Crippen LogP contribution in [0.2, 0.25) is 6.04 Å². The molecule has 0 fully saturated rings. The number of rotatable bonds is 3. The molecule has 1 aliphatic rings. The quantitative estimate of drug-likeness (QED) is 0.774. The number of benzene rings is 1. The Bertz CT molecular complexity index is 506. The molecule has 3 heteroatoms. The van der Waals surface area contributed by atoms with Gasteiger partial charge in [0.2, 0.25) is 0 Å². The minimum atomic E-state index is -1.46. The summed E-state index contributed by atoms with van der Waals surface area (Å²) < 4.78 is 17.9. The molecule has 0 amide bonds. The topological polar surface area (TPSA) is 26.3 Å². The predicted octanol–water partition coefficient (Wildman–Crippen LogP) is 4.18. The zero-order chi connectivity index (χ0) is 14.2. The van der Waals surface area contributed by atoms with E-state index in [9.17, 15) is 4.46 Å². The van der Waals surface area contributed by atoms with E-state index in [0.717, 1.165) is 24.3 Å². The second-order valence-corrected chi connectivity index (χ2v) is 8.49. The van der Waals surface area contributed by atoms with Gasteiger partial charge in [-0.2, -0.15) is 0 Å². The van der Waals surface area contributed by atoms with Crippen LogP contribution in [-0.4, -0.2) is 14.3 Å². The minimum Gasteiger partial charge on any atom is -0.488 e. The van der Waals surface area contributed by atoms with Gasteiger partial charge in [0.05, 0.1) is 0 Å². The Balaban J connectivity index is 2.38. The van der Waals surface area contributed by atoms with Gasteiger partial charge in [0.15, 0.2) is 0 Å². The first-order chi connectivity index (χ1) is 8.82. The van der Waals surface area contributed by atoms with Gasteiger partial charge in [-0.25, -0.2) is 0 Å². The van der Waals surface area contributed by atoms with Crippen LogP contribution in [0.5, 0.6) is 5.75 Å². The van der Waals surface area contributed by atoms with E-state index in [-0.39, 0.29) is 5.60 Å².